The fourth-order valence-electron chi connectivity index (χ4n) is 2.58. The van der Waals surface area contributed by atoms with Gasteiger partial charge in [-0.25, -0.2) is 0 Å². The Hall–Kier alpha value is -2.32. The highest BCUT2D eigenvalue weighted by Crippen LogP contribution is 2.27. The van der Waals surface area contributed by atoms with E-state index >= 15 is 0 Å². The van der Waals surface area contributed by atoms with E-state index in [0.717, 1.165) is 22.2 Å². The number of amides is 1. The fourth-order valence-corrected chi connectivity index (χ4v) is 3.07. The Bertz CT molecular complexity index is 785. The lowest BCUT2D eigenvalue weighted by atomic mass is 10.1. The van der Waals surface area contributed by atoms with Gasteiger partial charge in [-0.15, -0.1) is 0 Å². The number of rotatable bonds is 9. The molecule has 5 heteroatoms. The Balaban J connectivity index is 2.11. The molecule has 0 saturated heterocycles. The van der Waals surface area contributed by atoms with Crippen molar-refractivity contribution in [2.75, 3.05) is 13.2 Å². The third kappa shape index (κ3) is 6.73. The van der Waals surface area contributed by atoms with Gasteiger partial charge in [-0.3, -0.25) is 4.79 Å². The van der Waals surface area contributed by atoms with Gasteiger partial charge >= 0.3 is 0 Å². The molecule has 0 aliphatic carbocycles. The van der Waals surface area contributed by atoms with Gasteiger partial charge in [0.2, 0.25) is 0 Å². The van der Waals surface area contributed by atoms with E-state index in [4.69, 9.17) is 10.00 Å². The molecule has 0 N–H and O–H groups in total. The zero-order chi connectivity index (χ0) is 19.6. The highest BCUT2D eigenvalue weighted by molar-refractivity contribution is 9.10. The standard InChI is InChI=1S/C22H25BrN2O2/c1-17(2)11-14-27-21-10-9-19(15-20(21)23)22(26)25(13-6-12-24)16-18-7-4-3-5-8-18/h3-5,7-10,15,17H,6,11,13-14,16H2,1-2H3. The molecule has 0 aliphatic rings. The second-order valence-corrected chi connectivity index (χ2v) is 7.65. The number of nitriles is 1. The quantitative estimate of drug-likeness (QED) is 0.534. The number of halogens is 1. The van der Waals surface area contributed by atoms with Crippen molar-refractivity contribution in [3.05, 3.63) is 64.1 Å². The summed E-state index contributed by atoms with van der Waals surface area (Å²) in [7, 11) is 0. The number of benzene rings is 2. The predicted octanol–water partition coefficient (Wildman–Crippen LogP) is 5.43. The lowest BCUT2D eigenvalue weighted by molar-refractivity contribution is 0.0746. The molecule has 0 fully saturated rings. The molecule has 0 unspecified atom stereocenters. The van der Waals surface area contributed by atoms with Gasteiger partial charge in [0.05, 0.1) is 23.6 Å². The van der Waals surface area contributed by atoms with Crippen molar-refractivity contribution in [3.63, 3.8) is 0 Å². The first-order valence-electron chi connectivity index (χ1n) is 9.13. The Kier molecular flexibility index (Phi) is 8.35. The van der Waals surface area contributed by atoms with Crippen LogP contribution in [-0.4, -0.2) is 24.0 Å². The maximum Gasteiger partial charge on any atom is 0.254 e. The minimum atomic E-state index is -0.0940. The molecule has 0 saturated carbocycles. The third-order valence-electron chi connectivity index (χ3n) is 4.13. The topological polar surface area (TPSA) is 53.3 Å². The molecule has 2 aromatic carbocycles. The molecular weight excluding hydrogens is 404 g/mol. The highest BCUT2D eigenvalue weighted by atomic mass is 79.9. The summed E-state index contributed by atoms with van der Waals surface area (Å²) >= 11 is 3.50. The molecule has 0 atom stereocenters. The Morgan fingerprint density at radius 1 is 1.22 bits per heavy atom. The number of hydrogen-bond donors (Lipinski definition) is 0. The highest BCUT2D eigenvalue weighted by Gasteiger charge is 2.17. The van der Waals surface area contributed by atoms with Crippen LogP contribution in [0, 0.1) is 17.2 Å². The minimum absolute atomic E-state index is 0.0940. The first-order chi connectivity index (χ1) is 13.0. The number of ether oxygens (including phenoxy) is 1. The van der Waals surface area contributed by atoms with Crippen LogP contribution in [0.1, 0.15) is 42.6 Å². The molecule has 0 aromatic heterocycles. The van der Waals surface area contributed by atoms with E-state index in [2.05, 4.69) is 35.8 Å². The number of carbonyl (C=O) groups excluding carboxylic acids is 1. The van der Waals surface area contributed by atoms with Crippen LogP contribution in [-0.2, 0) is 6.54 Å². The predicted molar refractivity (Wildman–Crippen MR) is 111 cm³/mol. The van der Waals surface area contributed by atoms with Crippen LogP contribution in [0.25, 0.3) is 0 Å². The van der Waals surface area contributed by atoms with E-state index in [1.807, 2.05) is 36.4 Å². The van der Waals surface area contributed by atoms with Crippen LogP contribution >= 0.6 is 15.9 Å². The molecule has 0 aliphatic heterocycles. The van der Waals surface area contributed by atoms with E-state index in [9.17, 15) is 4.79 Å². The Morgan fingerprint density at radius 2 is 1.96 bits per heavy atom. The summed E-state index contributed by atoms with van der Waals surface area (Å²) in [6.07, 6.45) is 1.28. The molecule has 27 heavy (non-hydrogen) atoms. The van der Waals surface area contributed by atoms with Crippen LogP contribution < -0.4 is 4.74 Å². The summed E-state index contributed by atoms with van der Waals surface area (Å²) in [5, 5.41) is 8.92. The van der Waals surface area contributed by atoms with E-state index in [1.165, 1.54) is 0 Å². The van der Waals surface area contributed by atoms with Crippen LogP contribution in [0.15, 0.2) is 53.0 Å². The van der Waals surface area contributed by atoms with Gasteiger partial charge in [-0.1, -0.05) is 44.2 Å². The lowest BCUT2D eigenvalue weighted by Gasteiger charge is -2.22. The van der Waals surface area contributed by atoms with E-state index in [-0.39, 0.29) is 5.91 Å². The van der Waals surface area contributed by atoms with Gasteiger partial charge in [0.15, 0.2) is 0 Å². The monoisotopic (exact) mass is 428 g/mol. The van der Waals surface area contributed by atoms with Gasteiger partial charge in [-0.05, 0) is 52.0 Å². The van der Waals surface area contributed by atoms with Crippen LogP contribution in [0.5, 0.6) is 5.75 Å². The van der Waals surface area contributed by atoms with Gasteiger partial charge in [0.1, 0.15) is 5.75 Å². The van der Waals surface area contributed by atoms with Crippen molar-refractivity contribution in [2.45, 2.75) is 33.2 Å². The van der Waals surface area contributed by atoms with Gasteiger partial charge in [0.25, 0.3) is 5.91 Å². The summed E-state index contributed by atoms with van der Waals surface area (Å²) in [6.45, 7) is 5.83. The third-order valence-corrected chi connectivity index (χ3v) is 4.75. The molecule has 1 amide bonds. The average molecular weight is 429 g/mol. The second-order valence-electron chi connectivity index (χ2n) is 6.80. The number of carbonyl (C=O) groups is 1. The Labute approximate surface area is 169 Å². The fraction of sp³-hybridized carbons (Fsp3) is 0.364. The molecule has 0 spiro atoms. The SMILES string of the molecule is CC(C)CCOc1ccc(C(=O)N(CCC#N)Cc2ccccc2)cc1Br. The normalized spacial score (nSPS) is 10.5. The minimum Gasteiger partial charge on any atom is -0.492 e. The molecule has 142 valence electrons. The van der Waals surface area contributed by atoms with Gasteiger partial charge in [-0.2, -0.15) is 5.26 Å². The first kappa shape index (κ1) is 21.0. The summed E-state index contributed by atoms with van der Waals surface area (Å²) in [4.78, 5) is 14.7. The van der Waals surface area contributed by atoms with Crippen molar-refractivity contribution in [2.24, 2.45) is 5.92 Å². The van der Waals surface area contributed by atoms with Crippen LogP contribution in [0.3, 0.4) is 0 Å². The molecule has 4 nitrogen and oxygen atoms in total. The maximum atomic E-state index is 13.0. The van der Waals surface area contributed by atoms with Gasteiger partial charge in [0, 0.05) is 18.7 Å². The molecule has 2 rings (SSSR count). The number of nitrogens with zero attached hydrogens (tertiary/aromatic N) is 2. The lowest BCUT2D eigenvalue weighted by Crippen LogP contribution is -2.31. The van der Waals surface area contributed by atoms with Crippen molar-refractivity contribution in [1.82, 2.24) is 4.90 Å². The summed E-state index contributed by atoms with van der Waals surface area (Å²) in [5.41, 5.74) is 1.61. The van der Waals surface area contributed by atoms with Crippen molar-refractivity contribution < 1.29 is 9.53 Å². The summed E-state index contributed by atoms with van der Waals surface area (Å²) < 4.78 is 6.55. The van der Waals surface area contributed by atoms with Crippen molar-refractivity contribution in [3.8, 4) is 11.8 Å². The molecule has 0 radical (unpaired) electrons. The molecule has 0 bridgehead atoms. The molecular formula is C22H25BrN2O2. The molecule has 2 aromatic rings. The summed E-state index contributed by atoms with van der Waals surface area (Å²) in [6, 6.07) is 17.3. The van der Waals surface area contributed by atoms with E-state index in [1.54, 1.807) is 17.0 Å². The second kappa shape index (κ2) is 10.7. The Morgan fingerprint density at radius 3 is 2.59 bits per heavy atom. The van der Waals surface area contributed by atoms with Crippen molar-refractivity contribution in [1.29, 1.82) is 5.26 Å². The van der Waals surface area contributed by atoms with E-state index < -0.39 is 0 Å². The molecule has 0 heterocycles. The summed E-state index contributed by atoms with van der Waals surface area (Å²) in [5.74, 6) is 1.22. The average Bonchev–Trinajstić information content (AvgIpc) is 2.66. The maximum absolute atomic E-state index is 13.0. The first-order valence-corrected chi connectivity index (χ1v) is 9.93. The van der Waals surface area contributed by atoms with Crippen LogP contribution in [0.4, 0.5) is 0 Å². The zero-order valence-corrected chi connectivity index (χ0v) is 17.4. The van der Waals surface area contributed by atoms with Crippen LogP contribution in [0.2, 0.25) is 0 Å². The largest absolute Gasteiger partial charge is 0.492 e. The van der Waals surface area contributed by atoms with Gasteiger partial charge < -0.3 is 9.64 Å². The number of hydrogen-bond acceptors (Lipinski definition) is 3. The smallest absolute Gasteiger partial charge is 0.254 e. The van der Waals surface area contributed by atoms with Crippen molar-refractivity contribution >= 4 is 21.8 Å². The zero-order valence-electron chi connectivity index (χ0n) is 15.8. The van der Waals surface area contributed by atoms with E-state index in [0.29, 0.717) is 37.6 Å².